The fourth-order valence-electron chi connectivity index (χ4n) is 3.40. The first kappa shape index (κ1) is 24.5. The Morgan fingerprint density at radius 1 is 1.09 bits per heavy atom. The van der Waals surface area contributed by atoms with Gasteiger partial charge in [-0.15, -0.1) is 0 Å². The Labute approximate surface area is 200 Å². The van der Waals surface area contributed by atoms with Gasteiger partial charge in [0.2, 0.25) is 5.91 Å². The number of aryl methyl sites for hydroxylation is 1. The standard InChI is InChI=1S/C26H31ClN4O2/c1-6-15-30(25(33)20-9-7-8-10-21(20)27)17-24(32)28-23-16-22(26(3,4)5)29-31(23)19-13-11-18(2)12-14-19/h7-14,16H,6,15,17H2,1-5H3,(H,28,32). The molecule has 2 amide bonds. The number of nitrogens with zero attached hydrogens (tertiary/aromatic N) is 3. The van der Waals surface area contributed by atoms with Crippen LogP contribution in [-0.4, -0.2) is 39.6 Å². The van der Waals surface area contributed by atoms with Gasteiger partial charge in [-0.2, -0.15) is 5.10 Å². The zero-order chi connectivity index (χ0) is 24.2. The van der Waals surface area contributed by atoms with E-state index in [-0.39, 0.29) is 23.8 Å². The highest BCUT2D eigenvalue weighted by molar-refractivity contribution is 6.33. The smallest absolute Gasteiger partial charge is 0.255 e. The van der Waals surface area contributed by atoms with Gasteiger partial charge < -0.3 is 10.2 Å². The lowest BCUT2D eigenvalue weighted by Crippen LogP contribution is -2.38. The molecule has 1 heterocycles. The minimum Gasteiger partial charge on any atom is -0.329 e. The first-order valence-electron chi connectivity index (χ1n) is 11.1. The molecule has 1 aromatic heterocycles. The van der Waals surface area contributed by atoms with Gasteiger partial charge in [0.05, 0.1) is 22.0 Å². The van der Waals surface area contributed by atoms with Crippen molar-refractivity contribution in [2.45, 2.75) is 46.5 Å². The highest BCUT2D eigenvalue weighted by Gasteiger charge is 2.24. The van der Waals surface area contributed by atoms with Gasteiger partial charge in [-0.1, -0.05) is 69.1 Å². The number of halogens is 1. The van der Waals surface area contributed by atoms with Crippen molar-refractivity contribution in [1.82, 2.24) is 14.7 Å². The van der Waals surface area contributed by atoms with Crippen LogP contribution in [0, 0.1) is 6.92 Å². The molecule has 3 aromatic rings. The second-order valence-corrected chi connectivity index (χ2v) is 9.57. The number of carbonyl (C=O) groups is 2. The maximum atomic E-state index is 13.0. The summed E-state index contributed by atoms with van der Waals surface area (Å²) in [6, 6.07) is 16.7. The molecule has 0 saturated carbocycles. The molecule has 0 aliphatic carbocycles. The van der Waals surface area contributed by atoms with E-state index in [4.69, 9.17) is 16.7 Å². The molecule has 1 N–H and O–H groups in total. The monoisotopic (exact) mass is 466 g/mol. The average molecular weight is 467 g/mol. The molecular formula is C26H31ClN4O2. The summed E-state index contributed by atoms with van der Waals surface area (Å²) < 4.78 is 1.73. The van der Waals surface area contributed by atoms with E-state index in [9.17, 15) is 9.59 Å². The van der Waals surface area contributed by atoms with Gasteiger partial charge in [-0.25, -0.2) is 4.68 Å². The lowest BCUT2D eigenvalue weighted by atomic mass is 9.92. The van der Waals surface area contributed by atoms with E-state index >= 15 is 0 Å². The van der Waals surface area contributed by atoms with E-state index in [1.54, 1.807) is 28.9 Å². The van der Waals surface area contributed by atoms with Crippen molar-refractivity contribution in [1.29, 1.82) is 0 Å². The molecule has 0 saturated heterocycles. The van der Waals surface area contributed by atoms with Crippen molar-refractivity contribution in [3.63, 3.8) is 0 Å². The molecule has 0 atom stereocenters. The number of hydrogen-bond donors (Lipinski definition) is 1. The van der Waals surface area contributed by atoms with Gasteiger partial charge in [-0.05, 0) is 37.6 Å². The Bertz CT molecular complexity index is 1130. The predicted octanol–water partition coefficient (Wildman–Crippen LogP) is 5.62. The SMILES string of the molecule is CCCN(CC(=O)Nc1cc(C(C)(C)C)nn1-c1ccc(C)cc1)C(=O)c1ccccc1Cl. The van der Waals surface area contributed by atoms with Crippen LogP contribution in [-0.2, 0) is 10.2 Å². The zero-order valence-electron chi connectivity index (χ0n) is 19.9. The molecular weight excluding hydrogens is 436 g/mol. The van der Waals surface area contributed by atoms with Gasteiger partial charge in [0.25, 0.3) is 5.91 Å². The Kier molecular flexibility index (Phi) is 7.59. The average Bonchev–Trinajstić information content (AvgIpc) is 3.18. The van der Waals surface area contributed by atoms with E-state index in [1.807, 2.05) is 44.2 Å². The van der Waals surface area contributed by atoms with E-state index in [2.05, 4.69) is 26.1 Å². The van der Waals surface area contributed by atoms with Gasteiger partial charge in [0, 0.05) is 18.0 Å². The highest BCUT2D eigenvalue weighted by Crippen LogP contribution is 2.26. The molecule has 7 heteroatoms. The van der Waals surface area contributed by atoms with Crippen LogP contribution in [0.5, 0.6) is 0 Å². The third-order valence-electron chi connectivity index (χ3n) is 5.24. The van der Waals surface area contributed by atoms with Crippen LogP contribution >= 0.6 is 11.6 Å². The summed E-state index contributed by atoms with van der Waals surface area (Å²) in [6.45, 7) is 10.6. The molecule has 6 nitrogen and oxygen atoms in total. The third kappa shape index (κ3) is 6.02. The van der Waals surface area contributed by atoms with Gasteiger partial charge in [-0.3, -0.25) is 9.59 Å². The van der Waals surface area contributed by atoms with Crippen LogP contribution in [0.1, 0.15) is 55.7 Å². The van der Waals surface area contributed by atoms with Crippen LogP contribution in [0.25, 0.3) is 5.69 Å². The molecule has 174 valence electrons. The quantitative estimate of drug-likeness (QED) is 0.491. The number of rotatable bonds is 7. The van der Waals surface area contributed by atoms with Crippen LogP contribution < -0.4 is 5.32 Å². The number of carbonyl (C=O) groups excluding carboxylic acids is 2. The normalized spacial score (nSPS) is 11.3. The number of amides is 2. The molecule has 0 aliphatic heterocycles. The first-order valence-corrected chi connectivity index (χ1v) is 11.5. The molecule has 0 bridgehead atoms. The minimum absolute atomic E-state index is 0.0815. The molecule has 0 spiro atoms. The minimum atomic E-state index is -0.294. The second kappa shape index (κ2) is 10.2. The molecule has 3 rings (SSSR count). The zero-order valence-corrected chi connectivity index (χ0v) is 20.6. The number of hydrogen-bond acceptors (Lipinski definition) is 3. The Morgan fingerprint density at radius 3 is 2.36 bits per heavy atom. The van der Waals surface area contributed by atoms with Crippen molar-refractivity contribution in [2.24, 2.45) is 0 Å². The van der Waals surface area contributed by atoms with Crippen LogP contribution in [0.15, 0.2) is 54.6 Å². The van der Waals surface area contributed by atoms with Crippen molar-refractivity contribution < 1.29 is 9.59 Å². The number of nitrogens with one attached hydrogen (secondary N) is 1. The fraction of sp³-hybridized carbons (Fsp3) is 0.346. The van der Waals surface area contributed by atoms with Gasteiger partial charge in [0.1, 0.15) is 12.4 Å². The van der Waals surface area contributed by atoms with Crippen molar-refractivity contribution >= 4 is 29.2 Å². The van der Waals surface area contributed by atoms with Crippen molar-refractivity contribution in [2.75, 3.05) is 18.4 Å². The Morgan fingerprint density at radius 2 is 1.76 bits per heavy atom. The first-order chi connectivity index (χ1) is 15.6. The summed E-state index contributed by atoms with van der Waals surface area (Å²) in [7, 11) is 0. The van der Waals surface area contributed by atoms with Gasteiger partial charge >= 0.3 is 0 Å². The maximum Gasteiger partial charge on any atom is 0.255 e. The lowest BCUT2D eigenvalue weighted by Gasteiger charge is -2.22. The van der Waals surface area contributed by atoms with E-state index < -0.39 is 0 Å². The van der Waals surface area contributed by atoms with E-state index in [0.29, 0.717) is 22.9 Å². The number of benzene rings is 2. The van der Waals surface area contributed by atoms with Crippen LogP contribution in [0.2, 0.25) is 5.02 Å². The molecule has 0 unspecified atom stereocenters. The molecule has 0 radical (unpaired) electrons. The Balaban J connectivity index is 1.86. The summed E-state index contributed by atoms with van der Waals surface area (Å²) >= 11 is 6.22. The second-order valence-electron chi connectivity index (χ2n) is 9.17. The molecule has 33 heavy (non-hydrogen) atoms. The number of aromatic nitrogens is 2. The largest absolute Gasteiger partial charge is 0.329 e. The summed E-state index contributed by atoms with van der Waals surface area (Å²) in [4.78, 5) is 27.6. The molecule has 2 aromatic carbocycles. The van der Waals surface area contributed by atoms with Crippen LogP contribution in [0.3, 0.4) is 0 Å². The predicted molar refractivity (Wildman–Crippen MR) is 133 cm³/mol. The van der Waals surface area contributed by atoms with Crippen molar-refractivity contribution in [3.8, 4) is 5.69 Å². The lowest BCUT2D eigenvalue weighted by molar-refractivity contribution is -0.116. The Hall–Kier alpha value is -3.12. The molecule has 0 aliphatic rings. The van der Waals surface area contributed by atoms with E-state index in [0.717, 1.165) is 23.4 Å². The van der Waals surface area contributed by atoms with E-state index in [1.165, 1.54) is 4.90 Å². The summed E-state index contributed by atoms with van der Waals surface area (Å²) in [5, 5.41) is 8.08. The third-order valence-corrected chi connectivity index (χ3v) is 5.57. The fourth-order valence-corrected chi connectivity index (χ4v) is 3.62. The highest BCUT2D eigenvalue weighted by atomic mass is 35.5. The number of anilines is 1. The summed E-state index contributed by atoms with van der Waals surface area (Å²) in [5.74, 6) is 0.00742. The van der Waals surface area contributed by atoms with Crippen molar-refractivity contribution in [3.05, 3.63) is 76.4 Å². The van der Waals surface area contributed by atoms with Gasteiger partial charge in [0.15, 0.2) is 0 Å². The maximum absolute atomic E-state index is 13.0. The topological polar surface area (TPSA) is 67.2 Å². The summed E-state index contributed by atoms with van der Waals surface area (Å²) in [6.07, 6.45) is 0.721. The summed E-state index contributed by atoms with van der Waals surface area (Å²) in [5.41, 5.74) is 3.05. The molecule has 0 fully saturated rings. The van der Waals surface area contributed by atoms with Crippen LogP contribution in [0.4, 0.5) is 5.82 Å².